The summed E-state index contributed by atoms with van der Waals surface area (Å²) in [6, 6.07) is 5.69. The lowest BCUT2D eigenvalue weighted by Gasteiger charge is -2.57. The predicted molar refractivity (Wildman–Crippen MR) is 84.7 cm³/mol. The van der Waals surface area contributed by atoms with E-state index in [9.17, 15) is 4.79 Å². The quantitative estimate of drug-likeness (QED) is 0.870. The van der Waals surface area contributed by atoms with Crippen LogP contribution in [0.15, 0.2) is 30.6 Å². The van der Waals surface area contributed by atoms with E-state index in [1.165, 1.54) is 0 Å². The van der Waals surface area contributed by atoms with E-state index in [4.69, 9.17) is 4.74 Å². The van der Waals surface area contributed by atoms with Gasteiger partial charge in [-0.1, -0.05) is 19.9 Å². The lowest BCUT2D eigenvalue weighted by molar-refractivity contribution is -0.172. The zero-order valence-corrected chi connectivity index (χ0v) is 13.4. The number of likely N-dealkylation sites (tertiary alicyclic amines) is 1. The summed E-state index contributed by atoms with van der Waals surface area (Å²) >= 11 is 0. The maximum absolute atomic E-state index is 13.0. The third kappa shape index (κ3) is 2.09. The second-order valence-corrected chi connectivity index (χ2v) is 6.62. The van der Waals surface area contributed by atoms with Gasteiger partial charge in [-0.15, -0.1) is 0 Å². The van der Waals surface area contributed by atoms with E-state index in [-0.39, 0.29) is 17.4 Å². The van der Waals surface area contributed by atoms with Gasteiger partial charge in [0.15, 0.2) is 5.82 Å². The fraction of sp³-hybridized carbons (Fsp3) is 0.471. The van der Waals surface area contributed by atoms with E-state index in [1.807, 2.05) is 23.1 Å². The first-order valence-corrected chi connectivity index (χ1v) is 8.01. The molecule has 2 aliphatic heterocycles. The van der Waals surface area contributed by atoms with Gasteiger partial charge in [-0.25, -0.2) is 9.67 Å². The molecule has 6 heteroatoms. The molecule has 0 radical (unpaired) electrons. The van der Waals surface area contributed by atoms with Gasteiger partial charge in [-0.05, 0) is 24.5 Å². The minimum absolute atomic E-state index is 0.0571. The molecule has 0 unspecified atom stereocenters. The van der Waals surface area contributed by atoms with Gasteiger partial charge in [-0.3, -0.25) is 4.79 Å². The number of carbonyl (C=O) groups is 1. The van der Waals surface area contributed by atoms with Gasteiger partial charge in [0.05, 0.1) is 36.2 Å². The van der Waals surface area contributed by atoms with Crippen LogP contribution in [0.25, 0.3) is 5.82 Å². The largest absolute Gasteiger partial charge is 0.376 e. The van der Waals surface area contributed by atoms with Crippen LogP contribution in [0.1, 0.15) is 42.2 Å². The van der Waals surface area contributed by atoms with Crippen molar-refractivity contribution in [3.8, 4) is 5.82 Å². The Kier molecular flexibility index (Phi) is 3.23. The maximum atomic E-state index is 13.0. The fourth-order valence-corrected chi connectivity index (χ4v) is 3.38. The highest BCUT2D eigenvalue weighted by Crippen LogP contribution is 2.39. The molecular weight excluding hydrogens is 292 g/mol. The molecule has 0 N–H and O–H groups in total. The standard InChI is InChI=1S/C17H20N4O2/c1-12(2)15-13(9-19-21(15)14-5-3-4-7-18-14)16(22)20-8-6-17(20)10-23-11-17/h3-5,7,9,12H,6,8,10-11H2,1-2H3. The van der Waals surface area contributed by atoms with E-state index in [2.05, 4.69) is 23.9 Å². The smallest absolute Gasteiger partial charge is 0.257 e. The van der Waals surface area contributed by atoms with Gasteiger partial charge in [0.2, 0.25) is 0 Å². The fourth-order valence-electron chi connectivity index (χ4n) is 3.38. The molecule has 0 aromatic carbocycles. The number of ether oxygens (including phenoxy) is 1. The number of amides is 1. The second-order valence-electron chi connectivity index (χ2n) is 6.62. The van der Waals surface area contributed by atoms with E-state index >= 15 is 0 Å². The zero-order chi connectivity index (χ0) is 16.0. The molecule has 2 aliphatic rings. The highest BCUT2D eigenvalue weighted by molar-refractivity contribution is 5.96. The van der Waals surface area contributed by atoms with Gasteiger partial charge in [0, 0.05) is 12.7 Å². The van der Waals surface area contributed by atoms with Gasteiger partial charge in [-0.2, -0.15) is 5.10 Å². The van der Waals surface area contributed by atoms with E-state index in [0.717, 1.165) is 24.5 Å². The summed E-state index contributed by atoms with van der Waals surface area (Å²) in [5, 5.41) is 4.44. The van der Waals surface area contributed by atoms with Crippen molar-refractivity contribution in [1.29, 1.82) is 0 Å². The van der Waals surface area contributed by atoms with Crippen LogP contribution in [0.2, 0.25) is 0 Å². The third-order valence-electron chi connectivity index (χ3n) is 4.81. The summed E-state index contributed by atoms with van der Waals surface area (Å²) in [5.74, 6) is 0.972. The molecule has 2 saturated heterocycles. The minimum Gasteiger partial charge on any atom is -0.376 e. The second kappa shape index (κ2) is 5.16. The predicted octanol–water partition coefficient (Wildman–Crippen LogP) is 2.01. The van der Waals surface area contributed by atoms with Crippen molar-refractivity contribution in [2.24, 2.45) is 0 Å². The van der Waals surface area contributed by atoms with Gasteiger partial charge < -0.3 is 9.64 Å². The highest BCUT2D eigenvalue weighted by Gasteiger charge is 2.53. The van der Waals surface area contributed by atoms with Crippen LogP contribution < -0.4 is 0 Å². The molecule has 120 valence electrons. The normalized spacial score (nSPS) is 18.8. The molecule has 0 atom stereocenters. The first-order valence-electron chi connectivity index (χ1n) is 8.01. The molecule has 4 rings (SSSR count). The van der Waals surface area contributed by atoms with Gasteiger partial charge in [0.25, 0.3) is 5.91 Å². The number of hydrogen-bond donors (Lipinski definition) is 0. The van der Waals surface area contributed by atoms with Crippen molar-refractivity contribution in [2.75, 3.05) is 19.8 Å². The summed E-state index contributed by atoms with van der Waals surface area (Å²) < 4.78 is 7.10. The monoisotopic (exact) mass is 312 g/mol. The SMILES string of the molecule is CC(C)c1c(C(=O)N2CCC23COC3)cnn1-c1ccccn1. The maximum Gasteiger partial charge on any atom is 0.257 e. The zero-order valence-electron chi connectivity index (χ0n) is 13.4. The van der Waals surface area contributed by atoms with Gasteiger partial charge in [0.1, 0.15) is 0 Å². The highest BCUT2D eigenvalue weighted by atomic mass is 16.5. The Bertz CT molecular complexity index is 729. The average molecular weight is 312 g/mol. The molecule has 0 saturated carbocycles. The molecule has 6 nitrogen and oxygen atoms in total. The summed E-state index contributed by atoms with van der Waals surface area (Å²) in [7, 11) is 0. The number of hydrogen-bond acceptors (Lipinski definition) is 4. The minimum atomic E-state index is -0.0571. The van der Waals surface area contributed by atoms with Crippen molar-refractivity contribution in [3.05, 3.63) is 41.9 Å². The number of rotatable bonds is 3. The summed E-state index contributed by atoms with van der Waals surface area (Å²) in [6.07, 6.45) is 4.45. The van der Waals surface area contributed by atoms with Crippen molar-refractivity contribution in [2.45, 2.75) is 31.7 Å². The Balaban J connectivity index is 1.72. The lowest BCUT2D eigenvalue weighted by Crippen LogP contribution is -2.72. The molecule has 4 heterocycles. The molecule has 0 aliphatic carbocycles. The number of aromatic nitrogens is 3. The molecule has 2 fully saturated rings. The third-order valence-corrected chi connectivity index (χ3v) is 4.81. The first-order chi connectivity index (χ1) is 11.1. The molecule has 23 heavy (non-hydrogen) atoms. The Labute approximate surface area is 135 Å². The lowest BCUT2D eigenvalue weighted by atomic mass is 9.82. The van der Waals surface area contributed by atoms with Crippen LogP contribution >= 0.6 is 0 Å². The Hall–Kier alpha value is -2.21. The number of nitrogens with zero attached hydrogens (tertiary/aromatic N) is 4. The van der Waals surface area contributed by atoms with E-state index in [1.54, 1.807) is 17.1 Å². The Morgan fingerprint density at radius 1 is 1.35 bits per heavy atom. The number of carbonyl (C=O) groups excluding carboxylic acids is 1. The van der Waals surface area contributed by atoms with Crippen LogP contribution in [0.5, 0.6) is 0 Å². The molecule has 1 amide bonds. The van der Waals surface area contributed by atoms with Crippen LogP contribution in [0, 0.1) is 0 Å². The summed E-state index contributed by atoms with van der Waals surface area (Å²) in [6.45, 7) is 6.26. The molecule has 1 spiro atoms. The molecule has 2 aromatic heterocycles. The Morgan fingerprint density at radius 3 is 2.70 bits per heavy atom. The Morgan fingerprint density at radius 2 is 2.17 bits per heavy atom. The van der Waals surface area contributed by atoms with E-state index in [0.29, 0.717) is 18.8 Å². The molecule has 2 aromatic rings. The topological polar surface area (TPSA) is 60.3 Å². The average Bonchev–Trinajstić information content (AvgIpc) is 2.90. The van der Waals surface area contributed by atoms with Crippen molar-refractivity contribution >= 4 is 5.91 Å². The molecular formula is C17H20N4O2. The van der Waals surface area contributed by atoms with Crippen LogP contribution in [0.4, 0.5) is 0 Å². The summed E-state index contributed by atoms with van der Waals surface area (Å²) in [5.41, 5.74) is 1.53. The van der Waals surface area contributed by atoms with Crippen molar-refractivity contribution in [3.63, 3.8) is 0 Å². The molecule has 0 bridgehead atoms. The summed E-state index contributed by atoms with van der Waals surface area (Å²) in [4.78, 5) is 19.3. The van der Waals surface area contributed by atoms with Crippen LogP contribution in [-0.2, 0) is 4.74 Å². The number of pyridine rings is 1. The van der Waals surface area contributed by atoms with Gasteiger partial charge >= 0.3 is 0 Å². The van der Waals surface area contributed by atoms with Crippen LogP contribution in [-0.4, -0.2) is 50.9 Å². The van der Waals surface area contributed by atoms with Crippen LogP contribution in [0.3, 0.4) is 0 Å². The first kappa shape index (κ1) is 14.4. The van der Waals surface area contributed by atoms with Crippen molar-refractivity contribution < 1.29 is 9.53 Å². The van der Waals surface area contributed by atoms with Crippen molar-refractivity contribution in [1.82, 2.24) is 19.7 Å². The van der Waals surface area contributed by atoms with E-state index < -0.39 is 0 Å².